The van der Waals surface area contributed by atoms with Gasteiger partial charge in [0.1, 0.15) is 17.0 Å². The molecular weight excluding hydrogens is 371 g/mol. The third-order valence-corrected chi connectivity index (χ3v) is 3.13. The van der Waals surface area contributed by atoms with Crippen molar-refractivity contribution in [2.24, 2.45) is 4.99 Å². The molecule has 1 N–H and O–H groups in total. The summed E-state index contributed by atoms with van der Waals surface area (Å²) in [5, 5.41) is 10.5. The zero-order valence-corrected chi connectivity index (χ0v) is 17.6. The van der Waals surface area contributed by atoms with Gasteiger partial charge in [0.15, 0.2) is 11.5 Å². The summed E-state index contributed by atoms with van der Waals surface area (Å²) in [6.07, 6.45) is 1.60. The van der Waals surface area contributed by atoms with Crippen LogP contribution in [0.1, 0.15) is 40.5 Å². The number of aryl methyl sites for hydroxylation is 1. The Kier molecular flexibility index (Phi) is 12.2. The first-order valence-electron chi connectivity index (χ1n) is 8.49. The van der Waals surface area contributed by atoms with Gasteiger partial charge in [-0.1, -0.05) is 50.9 Å². The third-order valence-electron chi connectivity index (χ3n) is 2.66. The third kappa shape index (κ3) is 7.89. The Morgan fingerprint density at radius 3 is 2.19 bits per heavy atom. The molecule has 0 spiro atoms. The number of phenolic OH excluding ortho intramolecular Hbond substituents is 1. The number of hydrogen-bond donors (Lipinski definition) is 1. The number of fused-ring (bicyclic) bond motifs is 1. The lowest BCUT2D eigenvalue weighted by Gasteiger charge is -1.97. The largest absolute Gasteiger partial charge is 0.506 e. The molecule has 0 radical (unpaired) electrons. The predicted octanol–water partition coefficient (Wildman–Crippen LogP) is 7.61. The highest BCUT2D eigenvalue weighted by molar-refractivity contribution is 6.31. The lowest BCUT2D eigenvalue weighted by atomic mass is 10.3. The van der Waals surface area contributed by atoms with Crippen LogP contribution in [0.15, 0.2) is 45.8 Å². The Balaban J connectivity index is 0.000000404. The van der Waals surface area contributed by atoms with E-state index >= 15 is 0 Å². The van der Waals surface area contributed by atoms with Crippen molar-refractivity contribution in [3.8, 4) is 5.75 Å². The molecule has 0 fully saturated rings. The van der Waals surface area contributed by atoms with E-state index in [9.17, 15) is 5.11 Å². The Labute approximate surface area is 165 Å². The molecule has 0 atom stereocenters. The van der Waals surface area contributed by atoms with Crippen molar-refractivity contribution >= 4 is 46.2 Å². The summed E-state index contributed by atoms with van der Waals surface area (Å²) in [6, 6.07) is 10.1. The van der Waals surface area contributed by atoms with Crippen LogP contribution >= 0.6 is 23.2 Å². The summed E-state index contributed by atoms with van der Waals surface area (Å²) in [6.45, 7) is 11.6. The molecule has 0 amide bonds. The van der Waals surface area contributed by atoms with Gasteiger partial charge >= 0.3 is 0 Å². The van der Waals surface area contributed by atoms with Gasteiger partial charge in [-0.05, 0) is 43.3 Å². The monoisotopic (exact) mass is 396 g/mol. The van der Waals surface area contributed by atoms with Crippen LogP contribution in [0.3, 0.4) is 0 Å². The topological polar surface area (TPSA) is 58.6 Å². The van der Waals surface area contributed by atoms with Crippen molar-refractivity contribution in [3.05, 3.63) is 52.3 Å². The Morgan fingerprint density at radius 2 is 1.58 bits per heavy atom. The fourth-order valence-electron chi connectivity index (χ4n) is 1.75. The van der Waals surface area contributed by atoms with Crippen LogP contribution < -0.4 is 0 Å². The number of rotatable bonds is 1. The minimum absolute atomic E-state index is 0.146. The van der Waals surface area contributed by atoms with Crippen molar-refractivity contribution in [1.29, 1.82) is 0 Å². The molecule has 0 aliphatic heterocycles. The van der Waals surface area contributed by atoms with Crippen LogP contribution in [0.5, 0.6) is 5.75 Å². The normalized spacial score (nSPS) is 9.54. The first-order valence-corrected chi connectivity index (χ1v) is 9.25. The number of benzene rings is 2. The average molecular weight is 397 g/mol. The maximum atomic E-state index is 9.19. The highest BCUT2D eigenvalue weighted by Gasteiger charge is 2.00. The number of nitrogens with zero attached hydrogens (tertiary/aromatic N) is 2. The minimum Gasteiger partial charge on any atom is -0.506 e. The Hall–Kier alpha value is -2.04. The number of hydrogen-bond acceptors (Lipinski definition) is 4. The van der Waals surface area contributed by atoms with E-state index in [1.807, 2.05) is 40.7 Å². The molecule has 26 heavy (non-hydrogen) atoms. The molecular formula is C20H26Cl2N2O2. The molecule has 1 heterocycles. The van der Waals surface area contributed by atoms with Crippen LogP contribution in [0.2, 0.25) is 10.0 Å². The fourth-order valence-corrected chi connectivity index (χ4v) is 2.09. The van der Waals surface area contributed by atoms with Crippen molar-refractivity contribution in [2.45, 2.75) is 41.5 Å². The number of halogens is 2. The van der Waals surface area contributed by atoms with Crippen molar-refractivity contribution in [1.82, 2.24) is 4.98 Å². The molecule has 3 rings (SSSR count). The van der Waals surface area contributed by atoms with Crippen LogP contribution in [-0.4, -0.2) is 16.3 Å². The Bertz CT molecular complexity index is 815. The molecule has 3 aromatic rings. The molecule has 0 saturated heterocycles. The van der Waals surface area contributed by atoms with Crippen molar-refractivity contribution in [3.63, 3.8) is 0 Å². The molecule has 0 aliphatic carbocycles. The maximum Gasteiger partial charge on any atom is 0.192 e. The summed E-state index contributed by atoms with van der Waals surface area (Å²) >= 11 is 11.4. The molecule has 0 unspecified atom stereocenters. The predicted molar refractivity (Wildman–Crippen MR) is 113 cm³/mol. The van der Waals surface area contributed by atoms with Crippen LogP contribution in [0.4, 0.5) is 5.69 Å². The van der Waals surface area contributed by atoms with Gasteiger partial charge in [0.05, 0.1) is 0 Å². The van der Waals surface area contributed by atoms with Gasteiger partial charge in [0.25, 0.3) is 0 Å². The zero-order chi connectivity index (χ0) is 20.1. The molecule has 4 nitrogen and oxygen atoms in total. The van der Waals surface area contributed by atoms with Gasteiger partial charge in [0, 0.05) is 23.2 Å². The van der Waals surface area contributed by atoms with E-state index in [-0.39, 0.29) is 5.75 Å². The lowest BCUT2D eigenvalue weighted by Crippen LogP contribution is -1.69. The molecule has 142 valence electrons. The van der Waals surface area contributed by atoms with E-state index in [0.29, 0.717) is 21.6 Å². The molecule has 1 aromatic heterocycles. The average Bonchev–Trinajstić information content (AvgIpc) is 3.01. The molecule has 0 bridgehead atoms. The quantitative estimate of drug-likeness (QED) is 0.430. The summed E-state index contributed by atoms with van der Waals surface area (Å²) in [5.41, 5.74) is 2.10. The number of oxazole rings is 1. The van der Waals surface area contributed by atoms with Crippen molar-refractivity contribution < 1.29 is 9.52 Å². The van der Waals surface area contributed by atoms with Gasteiger partial charge in [-0.15, -0.1) is 0 Å². The minimum atomic E-state index is 0.146. The summed E-state index contributed by atoms with van der Waals surface area (Å²) in [5.74, 6) is 0.815. The van der Waals surface area contributed by atoms with E-state index in [0.717, 1.165) is 11.1 Å². The number of aliphatic imine (C=N–C) groups is 1. The first kappa shape index (κ1) is 24.0. The second-order valence-electron chi connectivity index (χ2n) is 4.37. The Morgan fingerprint density at radius 1 is 1.00 bits per heavy atom. The van der Waals surface area contributed by atoms with Gasteiger partial charge in [-0.25, -0.2) is 4.98 Å². The van der Waals surface area contributed by atoms with Gasteiger partial charge in [0.2, 0.25) is 0 Å². The van der Waals surface area contributed by atoms with Crippen molar-refractivity contribution in [2.75, 3.05) is 0 Å². The van der Waals surface area contributed by atoms with Crippen LogP contribution in [0, 0.1) is 6.92 Å². The number of phenols is 1. The van der Waals surface area contributed by atoms with E-state index in [1.165, 1.54) is 6.07 Å². The summed E-state index contributed by atoms with van der Waals surface area (Å²) in [4.78, 5) is 8.03. The zero-order valence-electron chi connectivity index (χ0n) is 16.0. The highest BCUT2D eigenvalue weighted by Crippen LogP contribution is 2.28. The van der Waals surface area contributed by atoms with E-state index in [1.54, 1.807) is 37.4 Å². The lowest BCUT2D eigenvalue weighted by molar-refractivity contribution is 0.477. The smallest absolute Gasteiger partial charge is 0.192 e. The first-order chi connectivity index (χ1) is 12.5. The highest BCUT2D eigenvalue weighted by atomic mass is 35.5. The van der Waals surface area contributed by atoms with Gasteiger partial charge in [-0.2, -0.15) is 0 Å². The standard InChI is InChI=1S/C8H6ClNO.C8H8ClNO.2C2H6/c1-5-10-7-4-6(9)2-3-8(7)11-5;1-2-10-7-5-6(9)3-4-8(7)11;2*1-2/h2-4H,1H3;2-5,11H,1H3;2*1-2H3. The molecule has 2 aromatic carbocycles. The second kappa shape index (κ2) is 13.2. The van der Waals surface area contributed by atoms with Crippen LogP contribution in [0.25, 0.3) is 11.1 Å². The van der Waals surface area contributed by atoms with E-state index in [2.05, 4.69) is 9.98 Å². The second-order valence-corrected chi connectivity index (χ2v) is 5.24. The molecule has 0 saturated carbocycles. The maximum absolute atomic E-state index is 9.19. The SMILES string of the molecule is CC.CC.CC=Nc1cc(Cl)ccc1O.Cc1nc2cc(Cl)ccc2o1. The number of aromatic nitrogens is 1. The fraction of sp³-hybridized carbons (Fsp3) is 0.300. The van der Waals surface area contributed by atoms with Gasteiger partial charge in [-0.3, -0.25) is 4.99 Å². The number of aromatic hydroxyl groups is 1. The van der Waals surface area contributed by atoms with E-state index < -0.39 is 0 Å². The summed E-state index contributed by atoms with van der Waals surface area (Å²) in [7, 11) is 0. The van der Waals surface area contributed by atoms with Crippen LogP contribution in [-0.2, 0) is 0 Å². The van der Waals surface area contributed by atoms with E-state index in [4.69, 9.17) is 27.6 Å². The van der Waals surface area contributed by atoms with Gasteiger partial charge < -0.3 is 9.52 Å². The molecule has 0 aliphatic rings. The molecule has 6 heteroatoms. The summed E-state index contributed by atoms with van der Waals surface area (Å²) < 4.78 is 5.25.